The van der Waals surface area contributed by atoms with Gasteiger partial charge in [-0.3, -0.25) is 0 Å². The number of rotatable bonds is 10. The minimum absolute atomic E-state index is 0.225. The number of ether oxygens (including phenoxy) is 3. The van der Waals surface area contributed by atoms with Crippen molar-refractivity contribution in [2.75, 3.05) is 40.1 Å². The Bertz CT molecular complexity index is 106. The molecule has 4 heteroatoms. The Morgan fingerprint density at radius 2 is 1.57 bits per heavy atom. The zero-order valence-corrected chi connectivity index (χ0v) is 9.20. The molecule has 86 valence electrons. The van der Waals surface area contributed by atoms with Crippen LogP contribution in [-0.4, -0.2) is 51.4 Å². The Hall–Kier alpha value is -0.160. The van der Waals surface area contributed by atoms with Gasteiger partial charge in [0.15, 0.2) is 0 Å². The van der Waals surface area contributed by atoms with Gasteiger partial charge in [-0.15, -0.1) is 0 Å². The van der Waals surface area contributed by atoms with E-state index in [0.717, 1.165) is 12.8 Å². The van der Waals surface area contributed by atoms with Gasteiger partial charge in [0.2, 0.25) is 0 Å². The van der Waals surface area contributed by atoms with Crippen molar-refractivity contribution in [1.82, 2.24) is 0 Å². The van der Waals surface area contributed by atoms with E-state index in [1.807, 2.05) is 0 Å². The molecule has 0 spiro atoms. The highest BCUT2D eigenvalue weighted by Crippen LogP contribution is 1.95. The molecular weight excluding hydrogens is 184 g/mol. The van der Waals surface area contributed by atoms with Gasteiger partial charge in [-0.1, -0.05) is 0 Å². The summed E-state index contributed by atoms with van der Waals surface area (Å²) in [6.07, 6.45) is 1.47. The molecule has 1 N–H and O–H groups in total. The summed E-state index contributed by atoms with van der Waals surface area (Å²) < 4.78 is 15.3. The van der Waals surface area contributed by atoms with Crippen LogP contribution in [-0.2, 0) is 14.2 Å². The van der Waals surface area contributed by atoms with Gasteiger partial charge in [0, 0.05) is 13.7 Å². The minimum atomic E-state index is -0.225. The second-order valence-electron chi connectivity index (χ2n) is 3.21. The van der Waals surface area contributed by atoms with Crippen molar-refractivity contribution < 1.29 is 19.3 Å². The first-order valence-electron chi connectivity index (χ1n) is 5.10. The molecule has 0 aliphatic rings. The molecule has 0 aromatic rings. The lowest BCUT2D eigenvalue weighted by Gasteiger charge is -2.06. The lowest BCUT2D eigenvalue weighted by atomic mass is 10.2. The Kier molecular flexibility index (Phi) is 10.8. The summed E-state index contributed by atoms with van der Waals surface area (Å²) in [6, 6.07) is 0. The first kappa shape index (κ1) is 13.8. The second-order valence-corrected chi connectivity index (χ2v) is 3.21. The number of aliphatic hydroxyl groups is 1. The summed E-state index contributed by atoms with van der Waals surface area (Å²) in [5.74, 6) is 0. The van der Waals surface area contributed by atoms with Crippen LogP contribution in [0.2, 0.25) is 0 Å². The minimum Gasteiger partial charge on any atom is -0.393 e. The fraction of sp³-hybridized carbons (Fsp3) is 1.00. The summed E-state index contributed by atoms with van der Waals surface area (Å²) >= 11 is 0. The molecule has 0 rings (SSSR count). The van der Waals surface area contributed by atoms with Crippen molar-refractivity contribution in [3.63, 3.8) is 0 Å². The van der Waals surface area contributed by atoms with Crippen LogP contribution in [0.4, 0.5) is 0 Å². The van der Waals surface area contributed by atoms with E-state index in [4.69, 9.17) is 19.3 Å². The molecule has 0 aromatic heterocycles. The standard InChI is InChI=1S/C10H22O4/c1-10(11)4-3-5-13-8-9-14-7-6-12-2/h10-11H,3-9H2,1-2H3. The largest absolute Gasteiger partial charge is 0.393 e. The summed E-state index contributed by atoms with van der Waals surface area (Å²) in [6.45, 7) is 4.95. The molecular formula is C10H22O4. The highest BCUT2D eigenvalue weighted by molar-refractivity contribution is 4.45. The molecule has 0 heterocycles. The molecule has 0 amide bonds. The summed E-state index contributed by atoms with van der Waals surface area (Å²) in [5, 5.41) is 8.96. The van der Waals surface area contributed by atoms with Gasteiger partial charge >= 0.3 is 0 Å². The van der Waals surface area contributed by atoms with Crippen LogP contribution in [0.5, 0.6) is 0 Å². The molecule has 1 unspecified atom stereocenters. The first-order chi connectivity index (χ1) is 6.77. The number of hydrogen-bond acceptors (Lipinski definition) is 4. The van der Waals surface area contributed by atoms with E-state index < -0.39 is 0 Å². The molecule has 0 aliphatic carbocycles. The highest BCUT2D eigenvalue weighted by Gasteiger charge is 1.95. The molecule has 0 aliphatic heterocycles. The van der Waals surface area contributed by atoms with E-state index in [9.17, 15) is 0 Å². The van der Waals surface area contributed by atoms with Crippen LogP contribution >= 0.6 is 0 Å². The van der Waals surface area contributed by atoms with Crippen molar-refractivity contribution in [3.8, 4) is 0 Å². The van der Waals surface area contributed by atoms with Crippen LogP contribution in [0.15, 0.2) is 0 Å². The molecule has 0 saturated heterocycles. The number of hydrogen-bond donors (Lipinski definition) is 1. The Morgan fingerprint density at radius 1 is 1.00 bits per heavy atom. The van der Waals surface area contributed by atoms with Gasteiger partial charge in [-0.2, -0.15) is 0 Å². The molecule has 0 aromatic carbocycles. The molecule has 0 fully saturated rings. The lowest BCUT2D eigenvalue weighted by Crippen LogP contribution is -2.09. The predicted molar refractivity (Wildman–Crippen MR) is 54.4 cm³/mol. The lowest BCUT2D eigenvalue weighted by molar-refractivity contribution is 0.0222. The third kappa shape index (κ3) is 11.8. The van der Waals surface area contributed by atoms with Gasteiger partial charge in [-0.25, -0.2) is 0 Å². The highest BCUT2D eigenvalue weighted by atomic mass is 16.5. The molecule has 1 atom stereocenters. The van der Waals surface area contributed by atoms with Crippen molar-refractivity contribution in [2.24, 2.45) is 0 Å². The van der Waals surface area contributed by atoms with Crippen molar-refractivity contribution in [3.05, 3.63) is 0 Å². The maximum absolute atomic E-state index is 8.96. The average Bonchev–Trinajstić information content (AvgIpc) is 2.15. The van der Waals surface area contributed by atoms with Crippen molar-refractivity contribution in [1.29, 1.82) is 0 Å². The normalized spacial score (nSPS) is 13.1. The smallest absolute Gasteiger partial charge is 0.0701 e. The van der Waals surface area contributed by atoms with Crippen molar-refractivity contribution >= 4 is 0 Å². The maximum atomic E-state index is 8.96. The molecule has 0 saturated carbocycles. The topological polar surface area (TPSA) is 47.9 Å². The van der Waals surface area contributed by atoms with Crippen LogP contribution in [0.3, 0.4) is 0 Å². The molecule has 14 heavy (non-hydrogen) atoms. The first-order valence-corrected chi connectivity index (χ1v) is 5.10. The predicted octanol–water partition coefficient (Wildman–Crippen LogP) is 0.827. The Labute approximate surface area is 86.2 Å². The molecule has 0 radical (unpaired) electrons. The van der Waals surface area contributed by atoms with Gasteiger partial charge in [0.1, 0.15) is 0 Å². The van der Waals surface area contributed by atoms with Gasteiger partial charge < -0.3 is 19.3 Å². The maximum Gasteiger partial charge on any atom is 0.0701 e. The van der Waals surface area contributed by atoms with Crippen LogP contribution < -0.4 is 0 Å². The quantitative estimate of drug-likeness (QED) is 0.538. The monoisotopic (exact) mass is 206 g/mol. The average molecular weight is 206 g/mol. The number of aliphatic hydroxyl groups excluding tert-OH is 1. The third-order valence-corrected chi connectivity index (χ3v) is 1.71. The van der Waals surface area contributed by atoms with E-state index in [1.165, 1.54) is 0 Å². The van der Waals surface area contributed by atoms with Crippen LogP contribution in [0.25, 0.3) is 0 Å². The Morgan fingerprint density at radius 3 is 2.14 bits per heavy atom. The van der Waals surface area contributed by atoms with E-state index in [1.54, 1.807) is 14.0 Å². The Balaban J connectivity index is 2.85. The van der Waals surface area contributed by atoms with Gasteiger partial charge in [0.25, 0.3) is 0 Å². The van der Waals surface area contributed by atoms with Crippen molar-refractivity contribution in [2.45, 2.75) is 25.9 Å². The number of methoxy groups -OCH3 is 1. The fourth-order valence-corrected chi connectivity index (χ4v) is 0.945. The van der Waals surface area contributed by atoms with E-state index in [0.29, 0.717) is 33.0 Å². The SMILES string of the molecule is COCCOCCOCCCC(C)O. The summed E-state index contributed by atoms with van der Waals surface area (Å²) in [4.78, 5) is 0. The van der Waals surface area contributed by atoms with Gasteiger partial charge in [-0.05, 0) is 19.8 Å². The van der Waals surface area contributed by atoms with Gasteiger partial charge in [0.05, 0.1) is 32.5 Å². The summed E-state index contributed by atoms with van der Waals surface area (Å²) in [5.41, 5.74) is 0. The second kappa shape index (κ2) is 10.9. The zero-order valence-electron chi connectivity index (χ0n) is 9.20. The van der Waals surface area contributed by atoms with Crippen LogP contribution in [0, 0.1) is 0 Å². The molecule has 0 bridgehead atoms. The van der Waals surface area contributed by atoms with Crippen LogP contribution in [0.1, 0.15) is 19.8 Å². The van der Waals surface area contributed by atoms with E-state index in [2.05, 4.69) is 0 Å². The fourth-order valence-electron chi connectivity index (χ4n) is 0.945. The molecule has 4 nitrogen and oxygen atoms in total. The van der Waals surface area contributed by atoms with E-state index >= 15 is 0 Å². The zero-order chi connectivity index (χ0) is 10.6. The third-order valence-electron chi connectivity index (χ3n) is 1.71. The summed E-state index contributed by atoms with van der Waals surface area (Å²) in [7, 11) is 1.65. The van der Waals surface area contributed by atoms with E-state index in [-0.39, 0.29) is 6.10 Å².